The fraction of sp³-hybridized carbons (Fsp3) is 0.300. The summed E-state index contributed by atoms with van der Waals surface area (Å²) in [7, 11) is 0. The maximum atomic E-state index is 12.8. The molecule has 0 aliphatic carbocycles. The van der Waals surface area contributed by atoms with Crippen LogP contribution in [0.25, 0.3) is 11.4 Å². The van der Waals surface area contributed by atoms with Crippen LogP contribution in [-0.4, -0.2) is 43.9 Å². The van der Waals surface area contributed by atoms with Gasteiger partial charge in [-0.2, -0.15) is 15.3 Å². The summed E-state index contributed by atoms with van der Waals surface area (Å²) in [6.45, 7) is 2.88. The molecule has 1 aromatic carbocycles. The standard InChI is InChI=1S/C20H21FN8O2/c1-12(2)29-15(25-11-26-29)10-24-19(30)16-17(23)27-18(28-20(16)31-7-6-21)14-5-3-4-13(8-14)9-22/h3-5,8,11-12H,6-7,10H2,1-2H3,(H,24,30)(H2,23,27,28). The van der Waals surface area contributed by atoms with E-state index in [1.54, 1.807) is 28.9 Å². The number of rotatable bonds is 8. The van der Waals surface area contributed by atoms with Crippen LogP contribution in [-0.2, 0) is 6.54 Å². The molecule has 160 valence electrons. The average molecular weight is 424 g/mol. The van der Waals surface area contributed by atoms with E-state index in [2.05, 4.69) is 25.4 Å². The lowest BCUT2D eigenvalue weighted by Crippen LogP contribution is -2.27. The molecule has 3 aromatic rings. The summed E-state index contributed by atoms with van der Waals surface area (Å²) in [5.41, 5.74) is 6.85. The Balaban J connectivity index is 1.92. The predicted molar refractivity (Wildman–Crippen MR) is 110 cm³/mol. The smallest absolute Gasteiger partial charge is 0.260 e. The SMILES string of the molecule is CC(C)n1ncnc1CNC(=O)c1c(N)nc(-c2cccc(C#N)c2)nc1OCCF. The highest BCUT2D eigenvalue weighted by Gasteiger charge is 2.22. The Morgan fingerprint density at radius 2 is 2.19 bits per heavy atom. The third kappa shape index (κ3) is 4.92. The minimum absolute atomic E-state index is 0.0645. The van der Waals surface area contributed by atoms with Gasteiger partial charge in [-0.3, -0.25) is 4.79 Å². The Morgan fingerprint density at radius 1 is 1.39 bits per heavy atom. The second kappa shape index (κ2) is 9.62. The number of amides is 1. The topological polar surface area (TPSA) is 145 Å². The molecule has 31 heavy (non-hydrogen) atoms. The van der Waals surface area contributed by atoms with Crippen LogP contribution in [0.2, 0.25) is 0 Å². The second-order valence-corrected chi connectivity index (χ2v) is 6.74. The maximum absolute atomic E-state index is 12.8. The van der Waals surface area contributed by atoms with Crippen molar-refractivity contribution in [2.24, 2.45) is 0 Å². The Bertz CT molecular complexity index is 1120. The van der Waals surface area contributed by atoms with Crippen LogP contribution in [0.3, 0.4) is 0 Å². The molecule has 0 aliphatic rings. The molecule has 0 saturated carbocycles. The molecular weight excluding hydrogens is 403 g/mol. The molecule has 0 fully saturated rings. The van der Waals surface area contributed by atoms with E-state index in [-0.39, 0.29) is 42.3 Å². The monoisotopic (exact) mass is 424 g/mol. The molecule has 0 radical (unpaired) electrons. The van der Waals surface area contributed by atoms with Crippen molar-refractivity contribution in [1.82, 2.24) is 30.0 Å². The molecule has 0 unspecified atom stereocenters. The predicted octanol–water partition coefficient (Wildman–Crippen LogP) is 2.05. The minimum atomic E-state index is -0.776. The first-order valence-corrected chi connectivity index (χ1v) is 9.48. The first kappa shape index (κ1) is 21.6. The fourth-order valence-electron chi connectivity index (χ4n) is 2.85. The molecule has 3 rings (SSSR count). The summed E-state index contributed by atoms with van der Waals surface area (Å²) >= 11 is 0. The van der Waals surface area contributed by atoms with Crippen molar-refractivity contribution in [3.63, 3.8) is 0 Å². The van der Waals surface area contributed by atoms with Crippen molar-refractivity contribution < 1.29 is 13.9 Å². The van der Waals surface area contributed by atoms with Crippen LogP contribution in [0.5, 0.6) is 5.88 Å². The summed E-state index contributed by atoms with van der Waals surface area (Å²) in [5.74, 6) is -0.171. The number of benzene rings is 1. The Labute approximate surface area is 177 Å². The minimum Gasteiger partial charge on any atom is -0.474 e. The number of nitriles is 1. The van der Waals surface area contributed by atoms with Gasteiger partial charge < -0.3 is 15.8 Å². The van der Waals surface area contributed by atoms with Crippen LogP contribution in [0.1, 0.15) is 41.6 Å². The van der Waals surface area contributed by atoms with E-state index < -0.39 is 12.6 Å². The van der Waals surface area contributed by atoms with Gasteiger partial charge in [0.25, 0.3) is 5.91 Å². The van der Waals surface area contributed by atoms with E-state index in [4.69, 9.17) is 15.7 Å². The molecule has 0 spiro atoms. The zero-order valence-corrected chi connectivity index (χ0v) is 17.0. The first-order chi connectivity index (χ1) is 14.9. The number of aromatic nitrogens is 5. The fourth-order valence-corrected chi connectivity index (χ4v) is 2.85. The van der Waals surface area contributed by atoms with Crippen LogP contribution in [0, 0.1) is 11.3 Å². The van der Waals surface area contributed by atoms with E-state index >= 15 is 0 Å². The number of carbonyl (C=O) groups is 1. The summed E-state index contributed by atoms with van der Waals surface area (Å²) in [5, 5.41) is 15.9. The number of nitrogens with two attached hydrogens (primary N) is 1. The van der Waals surface area contributed by atoms with Crippen molar-refractivity contribution in [1.29, 1.82) is 5.26 Å². The molecule has 0 aliphatic heterocycles. The summed E-state index contributed by atoms with van der Waals surface area (Å²) in [6.07, 6.45) is 1.40. The third-order valence-electron chi connectivity index (χ3n) is 4.24. The number of hydrogen-bond donors (Lipinski definition) is 2. The van der Waals surface area contributed by atoms with Crippen LogP contribution < -0.4 is 15.8 Å². The van der Waals surface area contributed by atoms with E-state index in [9.17, 15) is 9.18 Å². The lowest BCUT2D eigenvalue weighted by atomic mass is 10.1. The number of nitrogens with one attached hydrogen (secondary N) is 1. The molecule has 2 aromatic heterocycles. The zero-order chi connectivity index (χ0) is 22.4. The largest absolute Gasteiger partial charge is 0.474 e. The number of ether oxygens (including phenoxy) is 1. The number of nitrogen functional groups attached to an aromatic ring is 1. The van der Waals surface area contributed by atoms with E-state index in [1.165, 1.54) is 6.33 Å². The molecular formula is C20H21FN8O2. The highest BCUT2D eigenvalue weighted by atomic mass is 19.1. The lowest BCUT2D eigenvalue weighted by Gasteiger charge is -2.14. The second-order valence-electron chi connectivity index (χ2n) is 6.74. The number of alkyl halides is 1. The molecule has 0 bridgehead atoms. The zero-order valence-electron chi connectivity index (χ0n) is 17.0. The number of halogens is 1. The Kier molecular flexibility index (Phi) is 6.71. The Morgan fingerprint density at radius 3 is 2.90 bits per heavy atom. The van der Waals surface area contributed by atoms with Gasteiger partial charge in [-0.15, -0.1) is 0 Å². The number of hydrogen-bond acceptors (Lipinski definition) is 8. The third-order valence-corrected chi connectivity index (χ3v) is 4.24. The normalized spacial score (nSPS) is 10.7. The van der Waals surface area contributed by atoms with Gasteiger partial charge in [0, 0.05) is 11.6 Å². The van der Waals surface area contributed by atoms with E-state index in [0.29, 0.717) is 17.0 Å². The summed E-state index contributed by atoms with van der Waals surface area (Å²) in [4.78, 5) is 25.4. The van der Waals surface area contributed by atoms with Crippen molar-refractivity contribution in [3.05, 3.63) is 47.5 Å². The van der Waals surface area contributed by atoms with Crippen LogP contribution in [0.4, 0.5) is 10.2 Å². The van der Waals surface area contributed by atoms with Gasteiger partial charge in [0.15, 0.2) is 5.82 Å². The van der Waals surface area contributed by atoms with Gasteiger partial charge >= 0.3 is 0 Å². The van der Waals surface area contributed by atoms with Crippen molar-refractivity contribution in [3.8, 4) is 23.3 Å². The van der Waals surface area contributed by atoms with Crippen LogP contribution in [0.15, 0.2) is 30.6 Å². The van der Waals surface area contributed by atoms with E-state index in [0.717, 1.165) is 0 Å². The maximum Gasteiger partial charge on any atom is 0.260 e. The van der Waals surface area contributed by atoms with Gasteiger partial charge in [-0.05, 0) is 26.0 Å². The van der Waals surface area contributed by atoms with Gasteiger partial charge in [0.05, 0.1) is 18.2 Å². The van der Waals surface area contributed by atoms with Gasteiger partial charge in [-0.25, -0.2) is 19.0 Å². The molecule has 0 saturated heterocycles. The number of carbonyl (C=O) groups excluding carboxylic acids is 1. The van der Waals surface area contributed by atoms with Gasteiger partial charge in [-0.1, -0.05) is 12.1 Å². The van der Waals surface area contributed by atoms with Gasteiger partial charge in [0.1, 0.15) is 36.8 Å². The number of nitrogens with zero attached hydrogens (tertiary/aromatic N) is 6. The number of anilines is 1. The lowest BCUT2D eigenvalue weighted by molar-refractivity contribution is 0.0944. The molecule has 10 nitrogen and oxygen atoms in total. The van der Waals surface area contributed by atoms with Crippen molar-refractivity contribution in [2.75, 3.05) is 19.0 Å². The average Bonchev–Trinajstić information content (AvgIpc) is 3.24. The first-order valence-electron chi connectivity index (χ1n) is 9.48. The van der Waals surface area contributed by atoms with Crippen molar-refractivity contribution >= 4 is 11.7 Å². The molecule has 0 atom stereocenters. The Hall–Kier alpha value is -4.07. The quantitative estimate of drug-likeness (QED) is 0.559. The molecule has 3 N–H and O–H groups in total. The van der Waals surface area contributed by atoms with E-state index in [1.807, 2.05) is 19.9 Å². The molecule has 2 heterocycles. The van der Waals surface area contributed by atoms with Crippen molar-refractivity contribution in [2.45, 2.75) is 26.4 Å². The molecule has 1 amide bonds. The highest BCUT2D eigenvalue weighted by molar-refractivity contribution is 6.00. The summed E-state index contributed by atoms with van der Waals surface area (Å²) < 4.78 is 19.7. The molecule has 11 heteroatoms. The highest BCUT2D eigenvalue weighted by Crippen LogP contribution is 2.26. The summed E-state index contributed by atoms with van der Waals surface area (Å²) in [6, 6.07) is 8.65. The van der Waals surface area contributed by atoms with Gasteiger partial charge in [0.2, 0.25) is 5.88 Å². The van der Waals surface area contributed by atoms with Crippen LogP contribution >= 0.6 is 0 Å².